The summed E-state index contributed by atoms with van der Waals surface area (Å²) in [6.07, 6.45) is 0. The Morgan fingerprint density at radius 2 is 1.23 bits per heavy atom. The molecule has 72 valence electrons. The van der Waals surface area contributed by atoms with Crippen molar-refractivity contribution in [3.05, 3.63) is 0 Å². The first-order valence-corrected chi connectivity index (χ1v) is 3.43. The highest BCUT2D eigenvalue weighted by Crippen LogP contribution is 2.29. The van der Waals surface area contributed by atoms with Crippen LogP contribution < -0.4 is 0 Å². The van der Waals surface area contributed by atoms with Crippen molar-refractivity contribution in [2.24, 2.45) is 5.41 Å². The van der Waals surface area contributed by atoms with Crippen LogP contribution in [0.25, 0.3) is 0 Å². The molecular weight excluding hydrogens is 176 g/mol. The van der Waals surface area contributed by atoms with Crippen molar-refractivity contribution in [1.82, 2.24) is 0 Å². The van der Waals surface area contributed by atoms with Gasteiger partial charge < -0.3 is 20.4 Å². The number of rotatable bonds is 4. The molecule has 4 N–H and O–H groups in total. The second-order valence-electron chi connectivity index (χ2n) is 2.69. The number of hydrogen-bond donors (Lipinski definition) is 4. The topological polar surface area (TPSA) is 128 Å². The van der Waals surface area contributed by atoms with Gasteiger partial charge in [-0.2, -0.15) is 10.5 Å². The third kappa shape index (κ3) is 1.62. The van der Waals surface area contributed by atoms with E-state index in [-0.39, 0.29) is 0 Å². The highest BCUT2D eigenvalue weighted by molar-refractivity contribution is 5.24. The molecule has 6 heteroatoms. The average Bonchev–Trinajstić information content (AvgIpc) is 2.20. The molecule has 0 fully saturated rings. The minimum atomic E-state index is -2.59. The quantitative estimate of drug-likeness (QED) is 0.366. The number of aliphatic hydroxyl groups is 4. The molecular formula is C7H10N2O4. The fourth-order valence-corrected chi connectivity index (χ4v) is 0.755. The van der Waals surface area contributed by atoms with Crippen LogP contribution in [-0.4, -0.2) is 45.8 Å². The molecule has 6 nitrogen and oxygen atoms in total. The molecule has 0 heterocycles. The number of nitriles is 2. The molecule has 13 heavy (non-hydrogen) atoms. The molecule has 0 aromatic rings. The third-order valence-corrected chi connectivity index (χ3v) is 2.00. The molecule has 0 atom stereocenters. The zero-order valence-electron chi connectivity index (χ0n) is 6.80. The lowest BCUT2D eigenvalue weighted by atomic mass is 9.75. The van der Waals surface area contributed by atoms with E-state index in [4.69, 9.17) is 25.8 Å². The molecule has 0 aliphatic carbocycles. The lowest BCUT2D eigenvalue weighted by molar-refractivity contribution is -0.0940. The molecule has 0 saturated carbocycles. The zero-order valence-corrected chi connectivity index (χ0v) is 6.80. The predicted molar refractivity (Wildman–Crippen MR) is 39.9 cm³/mol. The van der Waals surface area contributed by atoms with Gasteiger partial charge in [-0.25, -0.2) is 0 Å². The molecule has 0 aliphatic heterocycles. The van der Waals surface area contributed by atoms with Crippen LogP contribution in [0, 0.1) is 28.1 Å². The largest absolute Gasteiger partial charge is 0.395 e. The molecule has 0 aromatic carbocycles. The number of nitrogens with zero attached hydrogens (tertiary/aromatic N) is 2. The third-order valence-electron chi connectivity index (χ3n) is 2.00. The summed E-state index contributed by atoms with van der Waals surface area (Å²) in [5, 5.41) is 52.6. The summed E-state index contributed by atoms with van der Waals surface area (Å²) in [6.45, 7) is -2.59. The average molecular weight is 186 g/mol. The summed E-state index contributed by atoms with van der Waals surface area (Å²) >= 11 is 0. The monoisotopic (exact) mass is 186 g/mol. The van der Waals surface area contributed by atoms with Gasteiger partial charge in [-0.15, -0.1) is 0 Å². The summed E-state index contributed by atoms with van der Waals surface area (Å²) in [4.78, 5) is 0. The van der Waals surface area contributed by atoms with Crippen LogP contribution in [0.1, 0.15) is 0 Å². The SMILES string of the molecule is N#CC(O)(C#N)C(CO)(CO)CO. The van der Waals surface area contributed by atoms with Crippen LogP contribution in [-0.2, 0) is 0 Å². The molecule has 0 rings (SSSR count). The van der Waals surface area contributed by atoms with Crippen LogP contribution in [0.3, 0.4) is 0 Å². The summed E-state index contributed by atoms with van der Waals surface area (Å²) in [5.41, 5.74) is -4.51. The Morgan fingerprint density at radius 3 is 1.31 bits per heavy atom. The Hall–Kier alpha value is -1.18. The van der Waals surface area contributed by atoms with Gasteiger partial charge in [-0.05, 0) is 0 Å². The summed E-state index contributed by atoms with van der Waals surface area (Å²) < 4.78 is 0. The molecule has 0 bridgehead atoms. The molecule has 0 saturated heterocycles. The normalized spacial score (nSPS) is 11.8. The standard InChI is InChI=1S/C7H10N2O4/c8-1-7(13,2-9)6(3-10,4-11)5-12/h10-13H,3-5H2. The number of hydrogen-bond acceptors (Lipinski definition) is 6. The van der Waals surface area contributed by atoms with E-state index in [0.29, 0.717) is 0 Å². The van der Waals surface area contributed by atoms with Crippen LogP contribution >= 0.6 is 0 Å². The van der Waals surface area contributed by atoms with Crippen LogP contribution in [0.15, 0.2) is 0 Å². The highest BCUT2D eigenvalue weighted by atomic mass is 16.3. The predicted octanol–water partition coefficient (Wildman–Crippen LogP) is -2.27. The van der Waals surface area contributed by atoms with E-state index in [0.717, 1.165) is 0 Å². The summed E-state index contributed by atoms with van der Waals surface area (Å²) in [6, 6.07) is 2.47. The van der Waals surface area contributed by atoms with Crippen LogP contribution in [0.5, 0.6) is 0 Å². The van der Waals surface area contributed by atoms with E-state index in [2.05, 4.69) is 0 Å². The van der Waals surface area contributed by atoms with Crippen molar-refractivity contribution in [3.8, 4) is 12.1 Å². The van der Waals surface area contributed by atoms with Crippen molar-refractivity contribution in [1.29, 1.82) is 10.5 Å². The van der Waals surface area contributed by atoms with E-state index >= 15 is 0 Å². The maximum absolute atomic E-state index is 9.34. The lowest BCUT2D eigenvalue weighted by Crippen LogP contribution is -2.53. The number of aliphatic hydroxyl groups excluding tert-OH is 3. The van der Waals surface area contributed by atoms with E-state index in [1.54, 1.807) is 0 Å². The fraction of sp³-hybridized carbons (Fsp3) is 0.714. The Bertz CT molecular complexity index is 226. The van der Waals surface area contributed by atoms with E-state index < -0.39 is 30.8 Å². The van der Waals surface area contributed by atoms with Crippen molar-refractivity contribution < 1.29 is 20.4 Å². The molecule has 0 unspecified atom stereocenters. The minimum Gasteiger partial charge on any atom is -0.395 e. The van der Waals surface area contributed by atoms with E-state index in [1.165, 1.54) is 12.1 Å². The van der Waals surface area contributed by atoms with Gasteiger partial charge in [0.05, 0.1) is 25.2 Å². The smallest absolute Gasteiger partial charge is 0.251 e. The zero-order chi connectivity index (χ0) is 10.5. The summed E-state index contributed by atoms with van der Waals surface area (Å²) in [5.74, 6) is 0. The minimum absolute atomic E-state index is 0.863. The van der Waals surface area contributed by atoms with Crippen molar-refractivity contribution >= 4 is 0 Å². The fourth-order valence-electron chi connectivity index (χ4n) is 0.755. The van der Waals surface area contributed by atoms with Crippen LogP contribution in [0.4, 0.5) is 0 Å². The first-order chi connectivity index (χ1) is 6.05. The highest BCUT2D eigenvalue weighted by Gasteiger charge is 2.51. The molecule has 0 amide bonds. The molecule has 0 aromatic heterocycles. The second-order valence-corrected chi connectivity index (χ2v) is 2.69. The first kappa shape index (κ1) is 11.8. The Morgan fingerprint density at radius 1 is 0.923 bits per heavy atom. The Kier molecular flexibility index (Phi) is 3.79. The van der Waals surface area contributed by atoms with E-state index in [1.807, 2.05) is 0 Å². The van der Waals surface area contributed by atoms with Gasteiger partial charge in [-0.3, -0.25) is 0 Å². The van der Waals surface area contributed by atoms with Crippen molar-refractivity contribution in [3.63, 3.8) is 0 Å². The second kappa shape index (κ2) is 4.17. The lowest BCUT2D eigenvalue weighted by Gasteiger charge is -2.33. The van der Waals surface area contributed by atoms with E-state index in [9.17, 15) is 5.11 Å². The van der Waals surface area contributed by atoms with Gasteiger partial charge in [0.2, 0.25) is 0 Å². The van der Waals surface area contributed by atoms with Gasteiger partial charge in [0.25, 0.3) is 5.60 Å². The first-order valence-electron chi connectivity index (χ1n) is 3.43. The Balaban J connectivity index is 5.18. The van der Waals surface area contributed by atoms with Crippen LogP contribution in [0.2, 0.25) is 0 Å². The van der Waals surface area contributed by atoms with Gasteiger partial charge in [0, 0.05) is 0 Å². The van der Waals surface area contributed by atoms with Crippen molar-refractivity contribution in [2.75, 3.05) is 19.8 Å². The maximum Gasteiger partial charge on any atom is 0.251 e. The molecule has 0 radical (unpaired) electrons. The Labute approximate surface area is 74.9 Å². The van der Waals surface area contributed by atoms with Gasteiger partial charge >= 0.3 is 0 Å². The summed E-state index contributed by atoms with van der Waals surface area (Å²) in [7, 11) is 0. The molecule has 0 spiro atoms. The molecule has 0 aliphatic rings. The van der Waals surface area contributed by atoms with Gasteiger partial charge in [-0.1, -0.05) is 0 Å². The van der Waals surface area contributed by atoms with Gasteiger partial charge in [0.1, 0.15) is 12.1 Å². The maximum atomic E-state index is 9.34. The van der Waals surface area contributed by atoms with Crippen molar-refractivity contribution in [2.45, 2.75) is 5.60 Å². The van der Waals surface area contributed by atoms with Gasteiger partial charge in [0.15, 0.2) is 0 Å².